The molecule has 21 heavy (non-hydrogen) atoms. The second kappa shape index (κ2) is 6.29. The van der Waals surface area contributed by atoms with Crippen LogP contribution in [0.5, 0.6) is 11.8 Å². The van der Waals surface area contributed by atoms with Crippen LogP contribution in [0, 0.1) is 11.6 Å². The van der Waals surface area contributed by atoms with Gasteiger partial charge in [0.2, 0.25) is 17.7 Å². The number of benzene rings is 1. The third-order valence-electron chi connectivity index (χ3n) is 2.46. The Labute approximate surface area is 120 Å². The van der Waals surface area contributed by atoms with Gasteiger partial charge in [-0.2, -0.15) is 19.3 Å². The summed E-state index contributed by atoms with van der Waals surface area (Å²) in [7, 11) is 3.50. The van der Waals surface area contributed by atoms with Gasteiger partial charge < -0.3 is 15.0 Å². The van der Waals surface area contributed by atoms with E-state index in [0.717, 1.165) is 6.07 Å². The zero-order valence-corrected chi connectivity index (χ0v) is 11.9. The molecule has 2 rings (SSSR count). The maximum Gasteiger partial charge on any atom is 0.328 e. The van der Waals surface area contributed by atoms with E-state index in [4.69, 9.17) is 4.74 Å². The van der Waals surface area contributed by atoms with Crippen molar-refractivity contribution >= 4 is 11.9 Å². The van der Waals surface area contributed by atoms with E-state index in [1.54, 1.807) is 19.0 Å². The molecule has 1 heterocycles. The SMILES string of the molecule is CCNc1nc(Oc2cccc(F)c2F)nc(N(C)C)n1. The molecule has 6 nitrogen and oxygen atoms in total. The molecule has 0 spiro atoms. The van der Waals surface area contributed by atoms with Crippen molar-refractivity contribution in [3.63, 3.8) is 0 Å². The molecule has 0 aliphatic rings. The molecular weight excluding hydrogens is 280 g/mol. The predicted octanol–water partition coefficient (Wildman–Crippen LogP) is 2.44. The van der Waals surface area contributed by atoms with Crippen LogP contribution >= 0.6 is 0 Å². The van der Waals surface area contributed by atoms with Crippen molar-refractivity contribution < 1.29 is 13.5 Å². The lowest BCUT2D eigenvalue weighted by atomic mass is 10.3. The van der Waals surface area contributed by atoms with Crippen molar-refractivity contribution in [2.75, 3.05) is 30.9 Å². The normalized spacial score (nSPS) is 10.3. The summed E-state index contributed by atoms with van der Waals surface area (Å²) in [4.78, 5) is 13.8. The number of nitrogens with zero attached hydrogens (tertiary/aromatic N) is 4. The average Bonchev–Trinajstić information content (AvgIpc) is 2.44. The van der Waals surface area contributed by atoms with Gasteiger partial charge in [0.15, 0.2) is 11.6 Å². The molecule has 2 aromatic rings. The van der Waals surface area contributed by atoms with Crippen LogP contribution in [0.25, 0.3) is 0 Å². The van der Waals surface area contributed by atoms with Crippen molar-refractivity contribution in [2.45, 2.75) is 6.92 Å². The van der Waals surface area contributed by atoms with Crippen molar-refractivity contribution in [3.8, 4) is 11.8 Å². The summed E-state index contributed by atoms with van der Waals surface area (Å²) in [5.41, 5.74) is 0. The van der Waals surface area contributed by atoms with Crippen LogP contribution in [0.1, 0.15) is 6.92 Å². The van der Waals surface area contributed by atoms with Crippen LogP contribution in [0.4, 0.5) is 20.7 Å². The Bertz CT molecular complexity index is 636. The largest absolute Gasteiger partial charge is 0.421 e. The van der Waals surface area contributed by atoms with Crippen LogP contribution in [0.2, 0.25) is 0 Å². The Morgan fingerprint density at radius 3 is 2.62 bits per heavy atom. The van der Waals surface area contributed by atoms with Gasteiger partial charge in [-0.3, -0.25) is 0 Å². The smallest absolute Gasteiger partial charge is 0.328 e. The molecule has 0 unspecified atom stereocenters. The fourth-order valence-electron chi connectivity index (χ4n) is 1.49. The van der Waals surface area contributed by atoms with E-state index in [0.29, 0.717) is 18.4 Å². The number of halogens is 2. The Hall–Kier alpha value is -2.51. The first kappa shape index (κ1) is 14.9. The lowest BCUT2D eigenvalue weighted by Gasteiger charge is -2.13. The van der Waals surface area contributed by atoms with E-state index in [1.165, 1.54) is 12.1 Å². The van der Waals surface area contributed by atoms with Gasteiger partial charge in [-0.15, -0.1) is 0 Å². The fraction of sp³-hybridized carbons (Fsp3) is 0.308. The van der Waals surface area contributed by atoms with Crippen LogP contribution in [-0.2, 0) is 0 Å². The lowest BCUT2D eigenvalue weighted by Crippen LogP contribution is -2.15. The van der Waals surface area contributed by atoms with Gasteiger partial charge in [0, 0.05) is 20.6 Å². The van der Waals surface area contributed by atoms with E-state index < -0.39 is 11.6 Å². The zero-order chi connectivity index (χ0) is 15.4. The van der Waals surface area contributed by atoms with Crippen molar-refractivity contribution in [1.29, 1.82) is 0 Å². The number of hydrogen-bond acceptors (Lipinski definition) is 6. The van der Waals surface area contributed by atoms with Gasteiger partial charge in [0.05, 0.1) is 0 Å². The zero-order valence-electron chi connectivity index (χ0n) is 11.9. The highest BCUT2D eigenvalue weighted by atomic mass is 19.2. The molecule has 1 aromatic heterocycles. The van der Waals surface area contributed by atoms with Gasteiger partial charge in [-0.05, 0) is 19.1 Å². The van der Waals surface area contributed by atoms with Crippen LogP contribution in [0.15, 0.2) is 18.2 Å². The highest BCUT2D eigenvalue weighted by Crippen LogP contribution is 2.24. The number of rotatable bonds is 5. The Morgan fingerprint density at radius 1 is 1.19 bits per heavy atom. The van der Waals surface area contributed by atoms with Crippen molar-refractivity contribution in [2.24, 2.45) is 0 Å². The minimum absolute atomic E-state index is 0.117. The Kier molecular flexibility index (Phi) is 4.46. The molecule has 0 saturated carbocycles. The van der Waals surface area contributed by atoms with Gasteiger partial charge in [0.1, 0.15) is 0 Å². The number of ether oxygens (including phenoxy) is 1. The molecule has 0 fully saturated rings. The highest BCUT2D eigenvalue weighted by Gasteiger charge is 2.14. The van der Waals surface area contributed by atoms with Crippen molar-refractivity contribution in [1.82, 2.24) is 15.0 Å². The average molecular weight is 295 g/mol. The highest BCUT2D eigenvalue weighted by molar-refractivity contribution is 5.38. The molecule has 0 aliphatic heterocycles. The second-order valence-electron chi connectivity index (χ2n) is 4.32. The van der Waals surface area contributed by atoms with Crippen molar-refractivity contribution in [3.05, 3.63) is 29.8 Å². The van der Waals surface area contributed by atoms with Gasteiger partial charge >= 0.3 is 6.01 Å². The summed E-state index contributed by atoms with van der Waals surface area (Å²) in [6.45, 7) is 2.48. The molecule has 0 radical (unpaired) electrons. The van der Waals surface area contributed by atoms with Gasteiger partial charge in [-0.25, -0.2) is 4.39 Å². The fourth-order valence-corrected chi connectivity index (χ4v) is 1.49. The summed E-state index contributed by atoms with van der Waals surface area (Å²) in [5.74, 6) is -1.74. The maximum absolute atomic E-state index is 13.6. The molecule has 8 heteroatoms. The standard InChI is InChI=1S/C13H15F2N5O/c1-4-16-11-17-12(20(2)3)19-13(18-11)21-9-7-5-6-8(14)10(9)15/h5-7H,4H2,1-3H3,(H,16,17,18,19). The first-order valence-corrected chi connectivity index (χ1v) is 6.30. The number of hydrogen-bond donors (Lipinski definition) is 1. The Morgan fingerprint density at radius 2 is 1.95 bits per heavy atom. The number of nitrogens with one attached hydrogen (secondary N) is 1. The van der Waals surface area contributed by atoms with Crippen LogP contribution in [0.3, 0.4) is 0 Å². The van der Waals surface area contributed by atoms with E-state index in [9.17, 15) is 8.78 Å². The molecule has 0 bridgehead atoms. The van der Waals surface area contributed by atoms with E-state index in [-0.39, 0.29) is 11.8 Å². The van der Waals surface area contributed by atoms with Gasteiger partial charge in [-0.1, -0.05) is 6.07 Å². The summed E-state index contributed by atoms with van der Waals surface area (Å²) in [5, 5.41) is 2.92. The lowest BCUT2D eigenvalue weighted by molar-refractivity contribution is 0.392. The summed E-state index contributed by atoms with van der Waals surface area (Å²) in [6.07, 6.45) is 0. The van der Waals surface area contributed by atoms with E-state index in [2.05, 4.69) is 20.3 Å². The molecule has 1 N–H and O–H groups in total. The molecular formula is C13H15F2N5O. The molecule has 0 aliphatic carbocycles. The first-order chi connectivity index (χ1) is 10.0. The third kappa shape index (κ3) is 3.53. The molecule has 0 amide bonds. The van der Waals surface area contributed by atoms with Crippen LogP contribution in [-0.4, -0.2) is 35.6 Å². The predicted molar refractivity (Wildman–Crippen MR) is 74.7 cm³/mol. The quantitative estimate of drug-likeness (QED) is 0.914. The van der Waals surface area contributed by atoms with E-state index >= 15 is 0 Å². The van der Waals surface area contributed by atoms with Crippen LogP contribution < -0.4 is 15.0 Å². The Balaban J connectivity index is 2.36. The minimum atomic E-state index is -1.09. The molecule has 112 valence electrons. The molecule has 0 saturated heterocycles. The summed E-state index contributed by atoms with van der Waals surface area (Å²) in [6, 6.07) is 3.52. The van der Waals surface area contributed by atoms with Gasteiger partial charge in [0.25, 0.3) is 0 Å². The first-order valence-electron chi connectivity index (χ1n) is 6.30. The monoisotopic (exact) mass is 295 g/mol. The number of anilines is 2. The summed E-state index contributed by atoms with van der Waals surface area (Å²) >= 11 is 0. The minimum Gasteiger partial charge on any atom is -0.421 e. The number of aromatic nitrogens is 3. The molecule has 1 aromatic carbocycles. The molecule has 0 atom stereocenters. The van der Waals surface area contributed by atoms with E-state index in [1.807, 2.05) is 6.92 Å². The maximum atomic E-state index is 13.6. The second-order valence-corrected chi connectivity index (χ2v) is 4.32. The topological polar surface area (TPSA) is 63.2 Å². The third-order valence-corrected chi connectivity index (χ3v) is 2.46. The summed E-state index contributed by atoms with van der Waals surface area (Å²) < 4.78 is 32.0.